The maximum absolute atomic E-state index is 12.7. The van der Waals surface area contributed by atoms with Crippen LogP contribution in [-0.4, -0.2) is 52.1 Å². The highest BCUT2D eigenvalue weighted by atomic mass is 16.6. The van der Waals surface area contributed by atoms with Crippen LogP contribution < -0.4 is 4.90 Å². The minimum Gasteiger partial charge on any atom is -0.368 e. The molecule has 0 saturated carbocycles. The summed E-state index contributed by atoms with van der Waals surface area (Å²) in [5.74, 6) is -0.00380. The average Bonchev–Trinajstić information content (AvgIpc) is 3.10. The Bertz CT molecular complexity index is 765. The van der Waals surface area contributed by atoms with Crippen LogP contribution in [0.1, 0.15) is 29.4 Å². The summed E-state index contributed by atoms with van der Waals surface area (Å²) in [6.07, 6.45) is 3.35. The molecule has 3 rings (SSSR count). The van der Waals surface area contributed by atoms with Gasteiger partial charge in [-0.25, -0.2) is 0 Å². The summed E-state index contributed by atoms with van der Waals surface area (Å²) in [6, 6.07) is 6.61. The van der Waals surface area contributed by atoms with E-state index in [4.69, 9.17) is 0 Å². The maximum Gasteiger partial charge on any atom is 0.271 e. The fraction of sp³-hybridized carbons (Fsp3) is 0.412. The summed E-state index contributed by atoms with van der Waals surface area (Å²) in [4.78, 5) is 27.1. The number of H-pyrrole nitrogens is 1. The number of amides is 1. The van der Waals surface area contributed by atoms with Gasteiger partial charge in [-0.15, -0.1) is 0 Å². The lowest BCUT2D eigenvalue weighted by atomic mass is 10.1. The molecule has 1 amide bonds. The minimum absolute atomic E-state index is 0.00380. The lowest BCUT2D eigenvalue weighted by Gasteiger charge is -2.36. The second-order valence-corrected chi connectivity index (χ2v) is 6.07. The van der Waals surface area contributed by atoms with Crippen molar-refractivity contribution in [1.29, 1.82) is 0 Å². The van der Waals surface area contributed by atoms with Gasteiger partial charge >= 0.3 is 0 Å². The van der Waals surface area contributed by atoms with Crippen LogP contribution in [0.3, 0.4) is 0 Å². The number of nitro benzene ring substituents is 1. The van der Waals surface area contributed by atoms with Gasteiger partial charge in [0, 0.05) is 49.7 Å². The van der Waals surface area contributed by atoms with Gasteiger partial charge in [0.25, 0.3) is 11.6 Å². The summed E-state index contributed by atoms with van der Waals surface area (Å²) in [5, 5.41) is 17.8. The van der Waals surface area contributed by atoms with E-state index in [1.165, 1.54) is 6.07 Å². The highest BCUT2D eigenvalue weighted by Gasteiger charge is 2.25. The molecule has 1 N–H and O–H groups in total. The molecule has 0 aliphatic carbocycles. The number of carbonyl (C=O) groups excluding carboxylic acids is 1. The quantitative estimate of drug-likeness (QED) is 0.663. The number of nitrogens with zero attached hydrogens (tertiary/aromatic N) is 4. The highest BCUT2D eigenvalue weighted by Crippen LogP contribution is 2.23. The van der Waals surface area contributed by atoms with E-state index in [-0.39, 0.29) is 11.6 Å². The van der Waals surface area contributed by atoms with E-state index in [9.17, 15) is 14.9 Å². The molecule has 1 aromatic carbocycles. The van der Waals surface area contributed by atoms with E-state index in [0.29, 0.717) is 31.7 Å². The normalized spacial score (nSPS) is 14.6. The van der Waals surface area contributed by atoms with Crippen LogP contribution in [0.4, 0.5) is 11.4 Å². The third-order valence-corrected chi connectivity index (χ3v) is 4.42. The Morgan fingerprint density at radius 3 is 2.76 bits per heavy atom. The Kier molecular flexibility index (Phi) is 4.97. The van der Waals surface area contributed by atoms with E-state index in [1.807, 2.05) is 11.0 Å². The van der Waals surface area contributed by atoms with E-state index >= 15 is 0 Å². The van der Waals surface area contributed by atoms with Crippen LogP contribution in [0.2, 0.25) is 0 Å². The van der Waals surface area contributed by atoms with Crippen LogP contribution >= 0.6 is 0 Å². The van der Waals surface area contributed by atoms with E-state index in [0.717, 1.165) is 24.2 Å². The first-order valence-electron chi connectivity index (χ1n) is 8.41. The first-order chi connectivity index (χ1) is 12.1. The number of carbonyl (C=O) groups is 1. The zero-order valence-electron chi connectivity index (χ0n) is 14.1. The summed E-state index contributed by atoms with van der Waals surface area (Å²) in [6.45, 7) is 4.52. The lowest BCUT2D eigenvalue weighted by molar-refractivity contribution is -0.384. The Hall–Kier alpha value is -2.90. The molecule has 0 spiro atoms. The molecule has 0 unspecified atom stereocenters. The molecule has 1 saturated heterocycles. The van der Waals surface area contributed by atoms with Crippen LogP contribution in [0.25, 0.3) is 0 Å². The maximum atomic E-state index is 12.7. The molecule has 1 fully saturated rings. The van der Waals surface area contributed by atoms with Gasteiger partial charge < -0.3 is 9.80 Å². The topological polar surface area (TPSA) is 95.4 Å². The highest BCUT2D eigenvalue weighted by molar-refractivity contribution is 5.95. The Morgan fingerprint density at radius 1 is 1.32 bits per heavy atom. The number of hydrogen-bond acceptors (Lipinski definition) is 5. The predicted octanol–water partition coefficient (Wildman–Crippen LogP) is 2.23. The van der Waals surface area contributed by atoms with Crippen LogP contribution in [0.15, 0.2) is 30.5 Å². The van der Waals surface area contributed by atoms with Gasteiger partial charge in [0.2, 0.25) is 0 Å². The first kappa shape index (κ1) is 16.9. The smallest absolute Gasteiger partial charge is 0.271 e. The van der Waals surface area contributed by atoms with E-state index in [2.05, 4.69) is 22.0 Å². The molecular weight excluding hydrogens is 322 g/mol. The molecule has 8 nitrogen and oxygen atoms in total. The molecule has 1 aromatic heterocycles. The number of non-ortho nitro benzene ring substituents is 1. The summed E-state index contributed by atoms with van der Waals surface area (Å²) < 4.78 is 0. The van der Waals surface area contributed by atoms with Gasteiger partial charge in [-0.05, 0) is 12.5 Å². The number of rotatable bonds is 5. The van der Waals surface area contributed by atoms with Crippen LogP contribution in [0, 0.1) is 10.1 Å². The van der Waals surface area contributed by atoms with E-state index < -0.39 is 4.92 Å². The average molecular weight is 343 g/mol. The number of nitrogens with one attached hydrogen (secondary N) is 1. The van der Waals surface area contributed by atoms with E-state index in [1.54, 1.807) is 18.3 Å². The van der Waals surface area contributed by atoms with Crippen molar-refractivity contribution in [3.05, 3.63) is 51.8 Å². The molecule has 0 atom stereocenters. The lowest BCUT2D eigenvalue weighted by Crippen LogP contribution is -2.48. The van der Waals surface area contributed by atoms with Gasteiger partial charge in [-0.3, -0.25) is 20.0 Å². The van der Waals surface area contributed by atoms with Crippen molar-refractivity contribution in [1.82, 2.24) is 15.1 Å². The number of piperazine rings is 1. The number of hydrogen-bond donors (Lipinski definition) is 1. The Balaban J connectivity index is 1.65. The minimum atomic E-state index is -0.391. The molecule has 0 bridgehead atoms. The van der Waals surface area contributed by atoms with Crippen molar-refractivity contribution in [2.24, 2.45) is 0 Å². The fourth-order valence-electron chi connectivity index (χ4n) is 3.08. The number of anilines is 1. The number of benzene rings is 1. The van der Waals surface area contributed by atoms with Gasteiger partial charge in [0.15, 0.2) is 0 Å². The Morgan fingerprint density at radius 2 is 2.08 bits per heavy atom. The monoisotopic (exact) mass is 343 g/mol. The third-order valence-electron chi connectivity index (χ3n) is 4.42. The van der Waals surface area contributed by atoms with Gasteiger partial charge in [-0.1, -0.05) is 19.4 Å². The summed E-state index contributed by atoms with van der Waals surface area (Å²) in [5.41, 5.74) is 2.43. The number of aromatic nitrogens is 2. The zero-order valence-corrected chi connectivity index (χ0v) is 14.1. The molecular formula is C17H21N5O3. The fourth-order valence-corrected chi connectivity index (χ4v) is 3.08. The molecule has 8 heteroatoms. The number of aryl methyl sites for hydroxylation is 1. The number of nitro groups is 1. The molecule has 2 aromatic rings. The molecule has 0 radical (unpaired) electrons. The first-order valence-corrected chi connectivity index (χ1v) is 8.41. The van der Waals surface area contributed by atoms with Crippen molar-refractivity contribution in [3.8, 4) is 0 Å². The predicted molar refractivity (Wildman–Crippen MR) is 93.8 cm³/mol. The van der Waals surface area contributed by atoms with Crippen LogP contribution in [0.5, 0.6) is 0 Å². The molecule has 2 heterocycles. The van der Waals surface area contributed by atoms with Crippen molar-refractivity contribution >= 4 is 17.3 Å². The SMILES string of the molecule is CCCc1[nH]ncc1C(=O)N1CCN(c2cccc([N+](=O)[O-])c2)CC1. The Labute approximate surface area is 145 Å². The molecule has 25 heavy (non-hydrogen) atoms. The zero-order chi connectivity index (χ0) is 17.8. The van der Waals surface area contributed by atoms with Gasteiger partial charge in [0.05, 0.1) is 16.7 Å². The summed E-state index contributed by atoms with van der Waals surface area (Å²) in [7, 11) is 0. The molecule has 1 aliphatic rings. The second-order valence-electron chi connectivity index (χ2n) is 6.07. The molecule has 132 valence electrons. The van der Waals surface area contributed by atoms with Gasteiger partial charge in [-0.2, -0.15) is 5.10 Å². The van der Waals surface area contributed by atoms with Crippen molar-refractivity contribution in [3.63, 3.8) is 0 Å². The van der Waals surface area contributed by atoms with Crippen molar-refractivity contribution in [2.75, 3.05) is 31.1 Å². The summed E-state index contributed by atoms with van der Waals surface area (Å²) >= 11 is 0. The standard InChI is InChI=1S/C17H21N5O3/c1-2-4-16-15(12-18-19-16)17(23)21-9-7-20(8-10-21)13-5-3-6-14(11-13)22(24)25/h3,5-6,11-12H,2,4,7-10H2,1H3,(H,18,19). The van der Waals surface area contributed by atoms with Gasteiger partial charge in [0.1, 0.15) is 0 Å². The molecule has 1 aliphatic heterocycles. The van der Waals surface area contributed by atoms with Crippen LogP contribution in [-0.2, 0) is 6.42 Å². The largest absolute Gasteiger partial charge is 0.368 e. The number of aromatic amines is 1. The van der Waals surface area contributed by atoms with Crippen molar-refractivity contribution < 1.29 is 9.72 Å². The second kappa shape index (κ2) is 7.33. The third kappa shape index (κ3) is 3.62. The van der Waals surface area contributed by atoms with Crippen molar-refractivity contribution in [2.45, 2.75) is 19.8 Å².